The number of carbonyl (C=O) groups excluding carboxylic acids is 1. The number of aryl methyl sites for hydroxylation is 3. The maximum Gasteiger partial charge on any atom is 0.263 e. The molecule has 0 bridgehead atoms. The number of furan rings is 1. The van der Waals surface area contributed by atoms with Gasteiger partial charge in [-0.15, -0.1) is 16.4 Å². The second-order valence-corrected chi connectivity index (χ2v) is 7.90. The number of nitrogens with one attached hydrogen (secondary N) is 1. The minimum absolute atomic E-state index is 0.179. The first-order valence-electron chi connectivity index (χ1n) is 9.22. The van der Waals surface area contributed by atoms with E-state index in [1.165, 1.54) is 22.5 Å². The van der Waals surface area contributed by atoms with Gasteiger partial charge in [0.2, 0.25) is 0 Å². The second-order valence-electron chi connectivity index (χ2n) is 6.90. The number of hydrogen-bond donors (Lipinski definition) is 1. The standard InChI is InChI=1S/C21H21N5O2S/c1-12-7-8-16(10-13(12)2)26-15(4)18(24-25-26)21-23-14(3)19(29-21)20(27)22-11-17-6-5-9-28-17/h5-10H,11H2,1-4H3,(H,22,27). The molecular weight excluding hydrogens is 386 g/mol. The number of benzene rings is 1. The van der Waals surface area contributed by atoms with Crippen LogP contribution >= 0.6 is 11.3 Å². The lowest BCUT2D eigenvalue weighted by atomic mass is 10.1. The Labute approximate surface area is 172 Å². The van der Waals surface area contributed by atoms with E-state index in [-0.39, 0.29) is 5.91 Å². The number of aromatic nitrogens is 4. The molecule has 0 spiro atoms. The number of rotatable bonds is 5. The van der Waals surface area contributed by atoms with Crippen LogP contribution in [-0.4, -0.2) is 25.9 Å². The molecular formula is C21H21N5O2S. The van der Waals surface area contributed by atoms with Gasteiger partial charge in [0.05, 0.1) is 29.9 Å². The van der Waals surface area contributed by atoms with Crippen LogP contribution in [0.15, 0.2) is 41.0 Å². The smallest absolute Gasteiger partial charge is 0.263 e. The lowest BCUT2D eigenvalue weighted by molar-refractivity contribution is 0.0951. The first kappa shape index (κ1) is 19.1. The maximum atomic E-state index is 12.6. The van der Waals surface area contributed by atoms with E-state index in [1.54, 1.807) is 17.0 Å². The zero-order valence-corrected chi connectivity index (χ0v) is 17.5. The molecule has 1 amide bonds. The SMILES string of the molecule is Cc1ccc(-n2nnc(-c3nc(C)c(C(=O)NCc4ccco4)s3)c2C)cc1C. The van der Waals surface area contributed by atoms with Crippen LogP contribution in [0, 0.1) is 27.7 Å². The van der Waals surface area contributed by atoms with Crippen LogP contribution in [0.25, 0.3) is 16.4 Å². The van der Waals surface area contributed by atoms with Crippen LogP contribution in [0.1, 0.15) is 37.9 Å². The first-order valence-corrected chi connectivity index (χ1v) is 10.0. The molecule has 4 rings (SSSR count). The highest BCUT2D eigenvalue weighted by Crippen LogP contribution is 2.29. The van der Waals surface area contributed by atoms with Crippen molar-refractivity contribution in [2.45, 2.75) is 34.2 Å². The van der Waals surface area contributed by atoms with Gasteiger partial charge in [-0.1, -0.05) is 11.3 Å². The van der Waals surface area contributed by atoms with Gasteiger partial charge in [0.15, 0.2) is 0 Å². The topological polar surface area (TPSA) is 85.8 Å². The fourth-order valence-corrected chi connectivity index (χ4v) is 4.02. The number of carbonyl (C=O) groups is 1. The predicted octanol–water partition coefficient (Wildman–Crippen LogP) is 4.15. The first-order chi connectivity index (χ1) is 13.9. The molecule has 1 aromatic carbocycles. The molecule has 0 saturated heterocycles. The third-order valence-electron chi connectivity index (χ3n) is 4.84. The van der Waals surface area contributed by atoms with Crippen LogP contribution in [0.3, 0.4) is 0 Å². The van der Waals surface area contributed by atoms with Crippen molar-refractivity contribution in [1.82, 2.24) is 25.3 Å². The van der Waals surface area contributed by atoms with Gasteiger partial charge in [-0.25, -0.2) is 9.67 Å². The molecule has 0 saturated carbocycles. The maximum absolute atomic E-state index is 12.6. The molecule has 3 heterocycles. The van der Waals surface area contributed by atoms with E-state index in [0.717, 1.165) is 11.4 Å². The highest BCUT2D eigenvalue weighted by atomic mass is 32.1. The zero-order chi connectivity index (χ0) is 20.5. The Morgan fingerprint density at radius 1 is 1.17 bits per heavy atom. The Morgan fingerprint density at radius 2 is 2.00 bits per heavy atom. The van der Waals surface area contributed by atoms with Gasteiger partial charge in [-0.2, -0.15) is 0 Å². The fraction of sp³-hybridized carbons (Fsp3) is 0.238. The molecule has 0 fully saturated rings. The highest BCUT2D eigenvalue weighted by Gasteiger charge is 2.21. The fourth-order valence-electron chi connectivity index (χ4n) is 3.00. The van der Waals surface area contributed by atoms with E-state index in [9.17, 15) is 4.79 Å². The molecule has 7 nitrogen and oxygen atoms in total. The molecule has 0 aliphatic heterocycles. The van der Waals surface area contributed by atoms with Crippen molar-refractivity contribution < 1.29 is 9.21 Å². The molecule has 4 aromatic rings. The van der Waals surface area contributed by atoms with Gasteiger partial charge in [0, 0.05) is 0 Å². The minimum atomic E-state index is -0.179. The molecule has 0 atom stereocenters. The molecule has 0 radical (unpaired) electrons. The summed E-state index contributed by atoms with van der Waals surface area (Å²) in [7, 11) is 0. The van der Waals surface area contributed by atoms with Crippen LogP contribution < -0.4 is 5.32 Å². The van der Waals surface area contributed by atoms with E-state index in [1.807, 2.05) is 26.0 Å². The average molecular weight is 407 g/mol. The predicted molar refractivity (Wildman–Crippen MR) is 111 cm³/mol. The molecule has 3 aromatic heterocycles. The second kappa shape index (κ2) is 7.63. The molecule has 0 aliphatic rings. The van der Waals surface area contributed by atoms with Gasteiger partial charge in [0.25, 0.3) is 5.91 Å². The van der Waals surface area contributed by atoms with Crippen molar-refractivity contribution in [3.8, 4) is 16.4 Å². The number of nitrogens with zero attached hydrogens (tertiary/aromatic N) is 4. The number of thiazole rings is 1. The Hall–Kier alpha value is -3.26. The summed E-state index contributed by atoms with van der Waals surface area (Å²) in [5, 5.41) is 12.2. The highest BCUT2D eigenvalue weighted by molar-refractivity contribution is 7.17. The van der Waals surface area contributed by atoms with Gasteiger partial charge < -0.3 is 9.73 Å². The molecule has 29 heavy (non-hydrogen) atoms. The van der Waals surface area contributed by atoms with E-state index < -0.39 is 0 Å². The number of hydrogen-bond acceptors (Lipinski definition) is 6. The van der Waals surface area contributed by atoms with Gasteiger partial charge in [0.1, 0.15) is 21.3 Å². The lowest BCUT2D eigenvalue weighted by Gasteiger charge is -2.06. The van der Waals surface area contributed by atoms with E-state index >= 15 is 0 Å². The number of amides is 1. The van der Waals surface area contributed by atoms with Crippen LogP contribution in [-0.2, 0) is 6.54 Å². The summed E-state index contributed by atoms with van der Waals surface area (Å²) in [6, 6.07) is 9.79. The molecule has 0 unspecified atom stereocenters. The monoisotopic (exact) mass is 407 g/mol. The summed E-state index contributed by atoms with van der Waals surface area (Å²) < 4.78 is 7.05. The van der Waals surface area contributed by atoms with Crippen molar-refractivity contribution >= 4 is 17.2 Å². The Kier molecular flexibility index (Phi) is 5.02. The summed E-state index contributed by atoms with van der Waals surface area (Å²) in [6.45, 7) is 8.27. The molecule has 0 aliphatic carbocycles. The van der Waals surface area contributed by atoms with Crippen molar-refractivity contribution in [3.05, 3.63) is 69.7 Å². The van der Waals surface area contributed by atoms with E-state index in [4.69, 9.17) is 4.42 Å². The zero-order valence-electron chi connectivity index (χ0n) is 16.7. The summed E-state index contributed by atoms with van der Waals surface area (Å²) in [4.78, 5) is 17.7. The molecule has 8 heteroatoms. The quantitative estimate of drug-likeness (QED) is 0.537. The Balaban J connectivity index is 1.59. The molecule has 148 valence electrons. The third kappa shape index (κ3) is 3.71. The Bertz CT molecular complexity index is 1170. The normalized spacial score (nSPS) is 11.0. The van der Waals surface area contributed by atoms with Crippen molar-refractivity contribution in [3.63, 3.8) is 0 Å². The van der Waals surface area contributed by atoms with Crippen molar-refractivity contribution in [2.75, 3.05) is 0 Å². The van der Waals surface area contributed by atoms with Crippen LogP contribution in [0.4, 0.5) is 0 Å². The van der Waals surface area contributed by atoms with Crippen LogP contribution in [0.2, 0.25) is 0 Å². The third-order valence-corrected chi connectivity index (χ3v) is 6.00. The van der Waals surface area contributed by atoms with Crippen molar-refractivity contribution in [2.24, 2.45) is 0 Å². The van der Waals surface area contributed by atoms with Crippen LogP contribution in [0.5, 0.6) is 0 Å². The summed E-state index contributed by atoms with van der Waals surface area (Å²) in [6.07, 6.45) is 1.58. The lowest BCUT2D eigenvalue weighted by Crippen LogP contribution is -2.22. The summed E-state index contributed by atoms with van der Waals surface area (Å²) >= 11 is 1.32. The molecule has 1 N–H and O–H groups in total. The van der Waals surface area contributed by atoms with Gasteiger partial charge >= 0.3 is 0 Å². The summed E-state index contributed by atoms with van der Waals surface area (Å²) in [5.41, 5.74) is 5.61. The van der Waals surface area contributed by atoms with E-state index in [2.05, 4.69) is 46.6 Å². The van der Waals surface area contributed by atoms with Gasteiger partial charge in [-0.3, -0.25) is 4.79 Å². The van der Waals surface area contributed by atoms with Crippen molar-refractivity contribution in [1.29, 1.82) is 0 Å². The van der Waals surface area contributed by atoms with E-state index in [0.29, 0.717) is 33.6 Å². The summed E-state index contributed by atoms with van der Waals surface area (Å²) in [5.74, 6) is 0.523. The average Bonchev–Trinajstić information content (AvgIpc) is 3.42. The largest absolute Gasteiger partial charge is 0.467 e. The minimum Gasteiger partial charge on any atom is -0.467 e. The van der Waals surface area contributed by atoms with Gasteiger partial charge in [-0.05, 0) is 63.1 Å². The Morgan fingerprint density at radius 3 is 2.72 bits per heavy atom.